The first-order valence-electron chi connectivity index (χ1n) is 7.83. The van der Waals surface area contributed by atoms with Crippen molar-refractivity contribution in [1.29, 1.82) is 0 Å². The molecule has 0 aliphatic carbocycles. The van der Waals surface area contributed by atoms with E-state index in [4.69, 9.17) is 21.1 Å². The van der Waals surface area contributed by atoms with Crippen LogP contribution in [0.15, 0.2) is 36.4 Å². The lowest BCUT2D eigenvalue weighted by Gasteiger charge is -2.19. The molecule has 128 valence electrons. The van der Waals surface area contributed by atoms with Crippen molar-refractivity contribution in [2.75, 3.05) is 12.4 Å². The molecule has 0 saturated carbocycles. The van der Waals surface area contributed by atoms with Gasteiger partial charge in [0.05, 0.1) is 12.1 Å². The van der Waals surface area contributed by atoms with E-state index in [0.717, 1.165) is 16.9 Å². The molecule has 0 aromatic heterocycles. The molecular formula is C19H22ClNO3. The molecule has 0 fully saturated rings. The molecule has 2 aromatic rings. The summed E-state index contributed by atoms with van der Waals surface area (Å²) in [6.07, 6.45) is -0.0188. The monoisotopic (exact) mass is 347 g/mol. The summed E-state index contributed by atoms with van der Waals surface area (Å²) in [5.74, 6) is 1.08. The summed E-state index contributed by atoms with van der Waals surface area (Å²) in [5, 5.41) is 3.28. The highest BCUT2D eigenvalue weighted by molar-refractivity contribution is 6.32. The predicted octanol–water partition coefficient (Wildman–Crippen LogP) is 4.76. The third-order valence-electron chi connectivity index (χ3n) is 3.91. The highest BCUT2D eigenvalue weighted by Crippen LogP contribution is 2.28. The number of ether oxygens (including phenoxy) is 2. The number of rotatable bonds is 6. The molecule has 0 heterocycles. The average Bonchev–Trinajstić information content (AvgIpc) is 2.56. The van der Waals surface area contributed by atoms with Gasteiger partial charge in [0.2, 0.25) is 0 Å². The molecule has 0 spiro atoms. The molecule has 1 N–H and O–H groups in total. The van der Waals surface area contributed by atoms with Crippen LogP contribution in [-0.2, 0) is 4.79 Å². The zero-order chi connectivity index (χ0) is 17.7. The van der Waals surface area contributed by atoms with Gasteiger partial charge in [-0.3, -0.25) is 4.79 Å². The number of anilines is 1. The van der Waals surface area contributed by atoms with Crippen LogP contribution in [0.5, 0.6) is 11.5 Å². The topological polar surface area (TPSA) is 47.6 Å². The minimum absolute atomic E-state index is 0.209. The van der Waals surface area contributed by atoms with E-state index in [1.54, 1.807) is 25.3 Å². The first kappa shape index (κ1) is 18.1. The Morgan fingerprint density at radius 3 is 2.58 bits per heavy atom. The van der Waals surface area contributed by atoms with Gasteiger partial charge >= 0.3 is 0 Å². The molecule has 0 aliphatic rings. The third kappa shape index (κ3) is 4.20. The fourth-order valence-corrected chi connectivity index (χ4v) is 2.55. The van der Waals surface area contributed by atoms with Crippen LogP contribution in [0.3, 0.4) is 0 Å². The lowest BCUT2D eigenvalue weighted by Crippen LogP contribution is -2.32. The fourth-order valence-electron chi connectivity index (χ4n) is 2.29. The molecule has 5 heteroatoms. The summed E-state index contributed by atoms with van der Waals surface area (Å²) < 4.78 is 11.0. The first-order valence-corrected chi connectivity index (χ1v) is 8.21. The molecule has 1 amide bonds. The van der Waals surface area contributed by atoms with E-state index in [0.29, 0.717) is 22.9 Å². The number of hydrogen-bond acceptors (Lipinski definition) is 3. The molecule has 4 nitrogen and oxygen atoms in total. The lowest BCUT2D eigenvalue weighted by atomic mass is 10.1. The Morgan fingerprint density at radius 2 is 1.96 bits per heavy atom. The summed E-state index contributed by atoms with van der Waals surface area (Å²) in [7, 11) is 1.55. The number of carbonyl (C=O) groups excluding carboxylic acids is 1. The molecule has 0 unspecified atom stereocenters. The quantitative estimate of drug-likeness (QED) is 0.819. The number of hydrogen-bond donors (Lipinski definition) is 1. The van der Waals surface area contributed by atoms with Crippen molar-refractivity contribution < 1.29 is 14.3 Å². The zero-order valence-electron chi connectivity index (χ0n) is 14.4. The Hall–Kier alpha value is -2.20. The van der Waals surface area contributed by atoms with E-state index in [1.165, 1.54) is 0 Å². The summed E-state index contributed by atoms with van der Waals surface area (Å²) >= 11 is 6.09. The van der Waals surface area contributed by atoms with Gasteiger partial charge in [-0.1, -0.05) is 30.7 Å². The molecule has 1 atom stereocenters. The molecule has 0 bridgehead atoms. The van der Waals surface area contributed by atoms with Gasteiger partial charge in [-0.2, -0.15) is 0 Å². The molecule has 2 rings (SSSR count). The molecular weight excluding hydrogens is 326 g/mol. The van der Waals surface area contributed by atoms with Crippen LogP contribution in [-0.4, -0.2) is 19.1 Å². The Bertz CT molecular complexity index is 731. The van der Waals surface area contributed by atoms with Crippen molar-refractivity contribution in [2.45, 2.75) is 33.3 Å². The van der Waals surface area contributed by atoms with Crippen LogP contribution in [0.1, 0.15) is 24.5 Å². The van der Waals surface area contributed by atoms with E-state index >= 15 is 0 Å². The van der Waals surface area contributed by atoms with Crippen molar-refractivity contribution in [3.8, 4) is 11.5 Å². The SMILES string of the molecule is CC[C@H](Oc1cccc(C)c1C)C(=O)Nc1ccc(OC)c(Cl)c1. The third-order valence-corrected chi connectivity index (χ3v) is 4.20. The largest absolute Gasteiger partial charge is 0.495 e. The van der Waals surface area contributed by atoms with Crippen molar-refractivity contribution in [3.63, 3.8) is 0 Å². The number of nitrogens with one attached hydrogen (secondary N) is 1. The Kier molecular flexibility index (Phi) is 6.10. The highest BCUT2D eigenvalue weighted by atomic mass is 35.5. The number of aryl methyl sites for hydroxylation is 1. The van der Waals surface area contributed by atoms with Crippen LogP contribution in [0.2, 0.25) is 5.02 Å². The predicted molar refractivity (Wildman–Crippen MR) is 97.3 cm³/mol. The van der Waals surface area contributed by atoms with Gasteiger partial charge in [0, 0.05) is 5.69 Å². The maximum Gasteiger partial charge on any atom is 0.265 e. The van der Waals surface area contributed by atoms with Crippen LogP contribution < -0.4 is 14.8 Å². The molecule has 0 aliphatic heterocycles. The summed E-state index contributed by atoms with van der Waals surface area (Å²) in [4.78, 5) is 12.5. The molecule has 0 radical (unpaired) electrons. The second kappa shape index (κ2) is 8.06. The smallest absolute Gasteiger partial charge is 0.265 e. The second-order valence-electron chi connectivity index (χ2n) is 5.55. The van der Waals surface area contributed by atoms with Gasteiger partial charge in [0.1, 0.15) is 11.5 Å². The second-order valence-corrected chi connectivity index (χ2v) is 5.96. The normalized spacial score (nSPS) is 11.7. The average molecular weight is 348 g/mol. The lowest BCUT2D eigenvalue weighted by molar-refractivity contribution is -0.122. The minimum atomic E-state index is -0.577. The van der Waals surface area contributed by atoms with E-state index in [-0.39, 0.29) is 5.91 Å². The maximum atomic E-state index is 12.5. The number of methoxy groups -OCH3 is 1. The van der Waals surface area contributed by atoms with Gasteiger partial charge in [0.25, 0.3) is 5.91 Å². The minimum Gasteiger partial charge on any atom is -0.495 e. The number of amides is 1. The van der Waals surface area contributed by atoms with Crippen LogP contribution in [0.4, 0.5) is 5.69 Å². The highest BCUT2D eigenvalue weighted by Gasteiger charge is 2.20. The van der Waals surface area contributed by atoms with Gasteiger partial charge in [-0.05, 0) is 55.7 Å². The Labute approximate surface area is 147 Å². The van der Waals surface area contributed by atoms with Crippen molar-refractivity contribution >= 4 is 23.2 Å². The summed E-state index contributed by atoms with van der Waals surface area (Å²) in [6, 6.07) is 10.9. The van der Waals surface area contributed by atoms with E-state index in [1.807, 2.05) is 39.0 Å². The van der Waals surface area contributed by atoms with Gasteiger partial charge in [-0.25, -0.2) is 0 Å². The van der Waals surface area contributed by atoms with Crippen LogP contribution >= 0.6 is 11.6 Å². The van der Waals surface area contributed by atoms with Crippen molar-refractivity contribution in [3.05, 3.63) is 52.5 Å². The molecule has 2 aromatic carbocycles. The maximum absolute atomic E-state index is 12.5. The Balaban J connectivity index is 2.11. The zero-order valence-corrected chi connectivity index (χ0v) is 15.1. The van der Waals surface area contributed by atoms with E-state index < -0.39 is 6.10 Å². The van der Waals surface area contributed by atoms with Crippen LogP contribution in [0, 0.1) is 13.8 Å². The van der Waals surface area contributed by atoms with Crippen molar-refractivity contribution in [1.82, 2.24) is 0 Å². The number of halogens is 1. The van der Waals surface area contributed by atoms with Gasteiger partial charge < -0.3 is 14.8 Å². The van der Waals surface area contributed by atoms with Gasteiger partial charge in [-0.15, -0.1) is 0 Å². The summed E-state index contributed by atoms with van der Waals surface area (Å²) in [5.41, 5.74) is 2.77. The van der Waals surface area contributed by atoms with Gasteiger partial charge in [0.15, 0.2) is 6.10 Å². The van der Waals surface area contributed by atoms with Crippen LogP contribution in [0.25, 0.3) is 0 Å². The standard InChI is InChI=1S/C19H22ClNO3/c1-5-16(24-17-8-6-7-12(2)13(17)3)19(22)21-14-9-10-18(23-4)15(20)11-14/h6-11,16H,5H2,1-4H3,(H,21,22)/t16-/m0/s1. The Morgan fingerprint density at radius 1 is 1.21 bits per heavy atom. The van der Waals surface area contributed by atoms with E-state index in [2.05, 4.69) is 5.32 Å². The van der Waals surface area contributed by atoms with Crippen molar-refractivity contribution in [2.24, 2.45) is 0 Å². The first-order chi connectivity index (χ1) is 11.5. The molecule has 24 heavy (non-hydrogen) atoms. The fraction of sp³-hybridized carbons (Fsp3) is 0.316. The summed E-state index contributed by atoms with van der Waals surface area (Å²) in [6.45, 7) is 5.91. The number of carbonyl (C=O) groups is 1. The number of benzene rings is 2. The van der Waals surface area contributed by atoms with E-state index in [9.17, 15) is 4.79 Å². The molecule has 0 saturated heterocycles.